The van der Waals surface area contributed by atoms with Crippen LogP contribution in [0.15, 0.2) is 36.4 Å². The van der Waals surface area contributed by atoms with E-state index in [1.165, 1.54) is 7.11 Å². The van der Waals surface area contributed by atoms with Gasteiger partial charge in [-0.05, 0) is 63.6 Å². The van der Waals surface area contributed by atoms with E-state index in [-0.39, 0.29) is 18.8 Å². The van der Waals surface area contributed by atoms with Gasteiger partial charge in [-0.3, -0.25) is 9.59 Å². The van der Waals surface area contributed by atoms with Crippen LogP contribution in [0.5, 0.6) is 5.75 Å². The Kier molecular flexibility index (Phi) is 11.6. The maximum absolute atomic E-state index is 13.4. The number of nitrogens with one attached hydrogen (secondary N) is 3. The maximum atomic E-state index is 13.4. The van der Waals surface area contributed by atoms with E-state index in [0.29, 0.717) is 25.2 Å². The molecule has 2 heterocycles. The number of hydrogen-bond donors (Lipinski definition) is 3. The van der Waals surface area contributed by atoms with Gasteiger partial charge in [-0.25, -0.2) is 9.59 Å². The molecule has 0 radical (unpaired) electrons. The Morgan fingerprint density at radius 3 is 2.37 bits per heavy atom. The highest BCUT2D eigenvalue weighted by molar-refractivity contribution is 5.93. The lowest BCUT2D eigenvalue weighted by Gasteiger charge is -2.27. The lowest BCUT2D eigenvalue weighted by atomic mass is 10.0. The monoisotopic (exact) mass is 531 g/mol. The molecule has 38 heavy (non-hydrogen) atoms. The molecular weight excluding hydrogens is 490 g/mol. The third kappa shape index (κ3) is 10.8. The zero-order valence-corrected chi connectivity index (χ0v) is 23.2. The van der Waals surface area contributed by atoms with E-state index in [1.807, 2.05) is 32.1 Å². The molecule has 1 aromatic carbocycles. The van der Waals surface area contributed by atoms with Crippen molar-refractivity contribution in [2.24, 2.45) is 5.92 Å². The molecule has 0 saturated carbocycles. The van der Waals surface area contributed by atoms with Gasteiger partial charge in [0.1, 0.15) is 29.5 Å². The minimum absolute atomic E-state index is 0.0604. The second-order valence-corrected chi connectivity index (χ2v) is 10.7. The van der Waals surface area contributed by atoms with Crippen molar-refractivity contribution in [2.75, 3.05) is 13.7 Å². The van der Waals surface area contributed by atoms with Gasteiger partial charge in [-0.15, -0.1) is 0 Å². The second kappa shape index (κ2) is 14.4. The lowest BCUT2D eigenvalue weighted by molar-refractivity contribution is -0.145. The van der Waals surface area contributed by atoms with Gasteiger partial charge in [0, 0.05) is 6.42 Å². The van der Waals surface area contributed by atoms with E-state index in [0.717, 1.165) is 5.56 Å². The van der Waals surface area contributed by atoms with Crippen LogP contribution in [0.4, 0.5) is 4.79 Å². The summed E-state index contributed by atoms with van der Waals surface area (Å²) in [5, 5.41) is 8.12. The van der Waals surface area contributed by atoms with Crippen LogP contribution in [0.3, 0.4) is 0 Å². The number of amides is 3. The predicted molar refractivity (Wildman–Crippen MR) is 143 cm³/mol. The molecule has 0 spiro atoms. The summed E-state index contributed by atoms with van der Waals surface area (Å²) >= 11 is 0. The van der Waals surface area contributed by atoms with Crippen molar-refractivity contribution < 1.29 is 33.4 Å². The van der Waals surface area contributed by atoms with Crippen LogP contribution >= 0.6 is 0 Å². The van der Waals surface area contributed by atoms with Crippen LogP contribution in [-0.2, 0) is 30.3 Å². The van der Waals surface area contributed by atoms with Crippen LogP contribution in [0.1, 0.15) is 59.4 Å². The van der Waals surface area contributed by atoms with Crippen LogP contribution in [0.2, 0.25) is 0 Å². The summed E-state index contributed by atoms with van der Waals surface area (Å²) in [7, 11) is 1.25. The van der Waals surface area contributed by atoms with Gasteiger partial charge >= 0.3 is 12.1 Å². The zero-order chi connectivity index (χ0) is 28.3. The van der Waals surface area contributed by atoms with Gasteiger partial charge in [0.25, 0.3) is 0 Å². The highest BCUT2D eigenvalue weighted by Gasteiger charge is 2.31. The Morgan fingerprint density at radius 2 is 1.76 bits per heavy atom. The summed E-state index contributed by atoms with van der Waals surface area (Å²) in [6.45, 7) is 9.45. The largest absolute Gasteiger partial charge is 0.493 e. The fraction of sp³-hybridized carbons (Fsp3) is 0.571. The van der Waals surface area contributed by atoms with E-state index in [4.69, 9.17) is 14.2 Å². The summed E-state index contributed by atoms with van der Waals surface area (Å²) in [5.74, 6) is -0.924. The number of hydrogen-bond acceptors (Lipinski definition) is 7. The number of rotatable bonds is 4. The highest BCUT2D eigenvalue weighted by atomic mass is 16.6. The molecule has 3 amide bonds. The summed E-state index contributed by atoms with van der Waals surface area (Å²) in [5.41, 5.74) is 0.0251. The molecule has 0 aliphatic carbocycles. The molecule has 210 valence electrons. The Bertz CT molecular complexity index is 983. The molecule has 10 nitrogen and oxygen atoms in total. The van der Waals surface area contributed by atoms with Crippen molar-refractivity contribution in [2.45, 2.75) is 84.0 Å². The highest BCUT2D eigenvalue weighted by Crippen LogP contribution is 2.16. The minimum atomic E-state index is -1.02. The van der Waals surface area contributed by atoms with Gasteiger partial charge in [0.15, 0.2) is 0 Å². The third-order valence-electron chi connectivity index (χ3n) is 5.60. The van der Waals surface area contributed by atoms with Crippen LogP contribution in [0.25, 0.3) is 0 Å². The van der Waals surface area contributed by atoms with Crippen molar-refractivity contribution >= 4 is 23.9 Å². The van der Waals surface area contributed by atoms with E-state index in [9.17, 15) is 19.2 Å². The van der Waals surface area contributed by atoms with Gasteiger partial charge < -0.3 is 30.2 Å². The van der Waals surface area contributed by atoms with Gasteiger partial charge in [-0.2, -0.15) is 0 Å². The molecule has 3 N–H and O–H groups in total. The molecule has 1 unspecified atom stereocenters. The molecule has 3 atom stereocenters. The summed E-state index contributed by atoms with van der Waals surface area (Å²) in [6.07, 6.45) is 4.23. The van der Waals surface area contributed by atoms with Gasteiger partial charge in [0.2, 0.25) is 11.8 Å². The van der Waals surface area contributed by atoms with Gasteiger partial charge in [-0.1, -0.05) is 38.1 Å². The molecule has 1 aromatic rings. The molecular formula is C28H41N3O7. The number of alkyl carbamates (subject to hydrolysis) is 1. The van der Waals surface area contributed by atoms with Crippen molar-refractivity contribution in [1.82, 2.24) is 16.0 Å². The second-order valence-electron chi connectivity index (χ2n) is 10.7. The maximum Gasteiger partial charge on any atom is 0.408 e. The first-order valence-corrected chi connectivity index (χ1v) is 12.9. The topological polar surface area (TPSA) is 132 Å². The fourth-order valence-corrected chi connectivity index (χ4v) is 3.82. The summed E-state index contributed by atoms with van der Waals surface area (Å²) in [4.78, 5) is 51.6. The summed E-state index contributed by atoms with van der Waals surface area (Å²) in [6, 6.07) is 4.38. The Hall–Kier alpha value is -3.56. The molecule has 2 aliphatic rings. The van der Waals surface area contributed by atoms with E-state index in [2.05, 4.69) is 16.0 Å². The van der Waals surface area contributed by atoms with Crippen LogP contribution in [-0.4, -0.2) is 61.3 Å². The average Bonchev–Trinajstić information content (AvgIpc) is 2.82. The Labute approximate surface area is 224 Å². The predicted octanol–water partition coefficient (Wildman–Crippen LogP) is 3.04. The van der Waals surface area contributed by atoms with Gasteiger partial charge in [0.05, 0.1) is 13.7 Å². The number of carbonyl (C=O) groups is 4. The number of benzene rings is 1. The van der Waals surface area contributed by atoms with E-state index in [1.54, 1.807) is 39.0 Å². The zero-order valence-electron chi connectivity index (χ0n) is 23.2. The minimum Gasteiger partial charge on any atom is -0.493 e. The number of fused-ring (bicyclic) bond motifs is 14. The first-order chi connectivity index (χ1) is 17.9. The first-order valence-electron chi connectivity index (χ1n) is 12.9. The molecule has 2 bridgehead atoms. The van der Waals surface area contributed by atoms with Crippen LogP contribution in [0, 0.1) is 5.92 Å². The van der Waals surface area contributed by atoms with E-state index >= 15 is 0 Å². The summed E-state index contributed by atoms with van der Waals surface area (Å²) < 4.78 is 16.0. The van der Waals surface area contributed by atoms with Crippen molar-refractivity contribution in [3.8, 4) is 5.75 Å². The Morgan fingerprint density at radius 1 is 1.08 bits per heavy atom. The smallest absolute Gasteiger partial charge is 0.408 e. The van der Waals surface area contributed by atoms with Crippen molar-refractivity contribution in [3.63, 3.8) is 0 Å². The lowest BCUT2D eigenvalue weighted by Crippen LogP contribution is -2.56. The molecule has 0 fully saturated rings. The van der Waals surface area contributed by atoms with E-state index < -0.39 is 47.6 Å². The quantitative estimate of drug-likeness (QED) is 0.402. The SMILES string of the molecule is COC(=O)C1CC=CCCOc2ccc(cc2)C[C@H](NC(=O)OC(C)(C)C)C(=O)N[C@@H](CC(C)C)C(=O)N1. The molecule has 0 saturated heterocycles. The molecule has 3 rings (SSSR count). The molecule has 2 aliphatic heterocycles. The van der Waals surface area contributed by atoms with Crippen LogP contribution < -0.4 is 20.7 Å². The first kappa shape index (κ1) is 30.7. The number of carbonyl (C=O) groups excluding carboxylic acids is 4. The Balaban J connectivity index is 2.38. The fourth-order valence-electron chi connectivity index (χ4n) is 3.82. The molecule has 0 aromatic heterocycles. The average molecular weight is 532 g/mol. The van der Waals surface area contributed by atoms with Crippen molar-refractivity contribution in [1.29, 1.82) is 0 Å². The number of ether oxygens (including phenoxy) is 3. The molecule has 10 heteroatoms. The number of esters is 1. The number of methoxy groups -OCH3 is 1. The normalized spacial score (nSPS) is 21.4. The van der Waals surface area contributed by atoms with Crippen molar-refractivity contribution in [3.05, 3.63) is 42.0 Å². The standard InChI is InChI=1S/C28H41N3O7/c1-18(2)16-22-24(32)29-21(26(34)36-6)10-8-7-9-15-37-20-13-11-19(12-14-20)17-23(25(33)30-22)31-27(35)38-28(3,4)5/h7-8,11-14,18,21-23H,9-10,15-17H2,1-6H3,(H,29,32)(H,30,33)(H,31,35)/t21?,22-,23-/m0/s1. The third-order valence-corrected chi connectivity index (χ3v) is 5.60.